The normalized spacial score (nSPS) is 11.4. The molecule has 0 aliphatic rings. The standard InChI is InChI=1S/C18H12ClF3N2O3/c1-9(25)23-12-3-4-14(13(8-12)18(20,21)22)24-17(26)16-7-10-6-11(19)2-5-15(10)27-16/h2-8H,1H3,(H,23,25)(H,24,26). The van der Waals surface area contributed by atoms with Crippen molar-refractivity contribution in [3.63, 3.8) is 0 Å². The smallest absolute Gasteiger partial charge is 0.418 e. The van der Waals surface area contributed by atoms with Crippen LogP contribution >= 0.6 is 11.6 Å². The molecule has 0 unspecified atom stereocenters. The molecule has 0 aliphatic carbocycles. The van der Waals surface area contributed by atoms with E-state index in [1.54, 1.807) is 18.2 Å². The van der Waals surface area contributed by atoms with Crippen LogP contribution in [0.25, 0.3) is 11.0 Å². The first-order valence-corrected chi connectivity index (χ1v) is 8.00. The molecule has 0 atom stereocenters. The second-order valence-corrected chi connectivity index (χ2v) is 6.12. The van der Waals surface area contributed by atoms with Gasteiger partial charge in [0.15, 0.2) is 5.76 Å². The van der Waals surface area contributed by atoms with Crippen LogP contribution in [0.3, 0.4) is 0 Å². The number of hydrogen-bond donors (Lipinski definition) is 2. The van der Waals surface area contributed by atoms with Crippen LogP contribution in [0.4, 0.5) is 24.5 Å². The molecule has 2 N–H and O–H groups in total. The number of hydrogen-bond acceptors (Lipinski definition) is 3. The molecular formula is C18H12ClF3N2O3. The molecule has 0 radical (unpaired) electrons. The van der Waals surface area contributed by atoms with E-state index in [1.165, 1.54) is 19.1 Å². The van der Waals surface area contributed by atoms with Gasteiger partial charge < -0.3 is 15.1 Å². The Morgan fingerprint density at radius 2 is 1.78 bits per heavy atom. The lowest BCUT2D eigenvalue weighted by Crippen LogP contribution is -2.17. The number of halogens is 4. The number of furan rings is 1. The van der Waals surface area contributed by atoms with Crippen LogP contribution in [0.5, 0.6) is 0 Å². The zero-order valence-corrected chi connectivity index (χ0v) is 14.5. The van der Waals surface area contributed by atoms with Gasteiger partial charge in [-0.05, 0) is 42.5 Å². The monoisotopic (exact) mass is 396 g/mol. The molecule has 27 heavy (non-hydrogen) atoms. The van der Waals surface area contributed by atoms with Crippen molar-refractivity contribution in [2.75, 3.05) is 10.6 Å². The van der Waals surface area contributed by atoms with E-state index in [0.717, 1.165) is 12.1 Å². The summed E-state index contributed by atoms with van der Waals surface area (Å²) < 4.78 is 45.3. The predicted octanol–water partition coefficient (Wildman–Crippen LogP) is 5.32. The lowest BCUT2D eigenvalue weighted by atomic mass is 10.1. The Bertz CT molecular complexity index is 1040. The fraction of sp³-hybridized carbons (Fsp3) is 0.111. The molecule has 3 aromatic rings. The van der Waals surface area contributed by atoms with E-state index in [-0.39, 0.29) is 11.4 Å². The number of benzene rings is 2. The van der Waals surface area contributed by atoms with E-state index < -0.39 is 29.2 Å². The molecule has 3 rings (SSSR count). The highest BCUT2D eigenvalue weighted by Crippen LogP contribution is 2.37. The summed E-state index contributed by atoms with van der Waals surface area (Å²) in [5.74, 6) is -1.52. The van der Waals surface area contributed by atoms with Crippen LogP contribution in [0.2, 0.25) is 5.02 Å². The Labute approximate surface area is 156 Å². The van der Waals surface area contributed by atoms with Gasteiger partial charge in [0.25, 0.3) is 5.91 Å². The third-order valence-electron chi connectivity index (χ3n) is 3.60. The van der Waals surface area contributed by atoms with Crippen LogP contribution in [-0.4, -0.2) is 11.8 Å². The zero-order valence-electron chi connectivity index (χ0n) is 13.8. The van der Waals surface area contributed by atoms with Crippen molar-refractivity contribution in [2.24, 2.45) is 0 Å². The minimum Gasteiger partial charge on any atom is -0.451 e. The Morgan fingerprint density at radius 1 is 1.04 bits per heavy atom. The van der Waals surface area contributed by atoms with Gasteiger partial charge in [-0.2, -0.15) is 13.2 Å². The molecule has 0 spiro atoms. The van der Waals surface area contributed by atoms with Gasteiger partial charge in [0.2, 0.25) is 5.91 Å². The maximum atomic E-state index is 13.3. The molecular weight excluding hydrogens is 385 g/mol. The number of carbonyl (C=O) groups excluding carboxylic acids is 2. The van der Waals surface area contributed by atoms with Crippen LogP contribution < -0.4 is 10.6 Å². The molecule has 2 aromatic carbocycles. The van der Waals surface area contributed by atoms with Crippen molar-refractivity contribution in [1.82, 2.24) is 0 Å². The number of alkyl halides is 3. The highest BCUT2D eigenvalue weighted by Gasteiger charge is 2.34. The van der Waals surface area contributed by atoms with Gasteiger partial charge >= 0.3 is 6.18 Å². The van der Waals surface area contributed by atoms with Crippen molar-refractivity contribution < 1.29 is 27.2 Å². The number of fused-ring (bicyclic) bond motifs is 1. The summed E-state index contributed by atoms with van der Waals surface area (Å²) in [5.41, 5.74) is -1.21. The summed E-state index contributed by atoms with van der Waals surface area (Å²) in [4.78, 5) is 23.4. The average molecular weight is 397 g/mol. The first kappa shape index (κ1) is 18.8. The van der Waals surface area contributed by atoms with Crippen LogP contribution in [0, 0.1) is 0 Å². The quantitative estimate of drug-likeness (QED) is 0.629. The number of carbonyl (C=O) groups is 2. The molecule has 0 fully saturated rings. The molecule has 140 valence electrons. The summed E-state index contributed by atoms with van der Waals surface area (Å²) in [6, 6.07) is 9.14. The predicted molar refractivity (Wildman–Crippen MR) is 94.9 cm³/mol. The summed E-state index contributed by atoms with van der Waals surface area (Å²) in [7, 11) is 0. The minimum atomic E-state index is -4.74. The van der Waals surface area contributed by atoms with Crippen LogP contribution in [-0.2, 0) is 11.0 Å². The zero-order chi connectivity index (χ0) is 19.8. The molecule has 1 aromatic heterocycles. The lowest BCUT2D eigenvalue weighted by molar-refractivity contribution is -0.137. The van der Waals surface area contributed by atoms with Crippen molar-refractivity contribution in [3.8, 4) is 0 Å². The second kappa shape index (κ2) is 6.96. The summed E-state index contributed by atoms with van der Waals surface area (Å²) >= 11 is 5.86. The van der Waals surface area contributed by atoms with Crippen molar-refractivity contribution in [2.45, 2.75) is 13.1 Å². The topological polar surface area (TPSA) is 71.3 Å². The van der Waals surface area contributed by atoms with Gasteiger partial charge in [-0.25, -0.2) is 0 Å². The maximum Gasteiger partial charge on any atom is 0.418 e. The molecule has 1 heterocycles. The van der Waals surface area contributed by atoms with Crippen molar-refractivity contribution >= 4 is 45.8 Å². The first-order valence-electron chi connectivity index (χ1n) is 7.63. The van der Waals surface area contributed by atoms with E-state index in [1.807, 2.05) is 0 Å². The fourth-order valence-electron chi connectivity index (χ4n) is 2.48. The Kier molecular flexibility index (Phi) is 4.84. The Balaban J connectivity index is 1.93. The summed E-state index contributed by atoms with van der Waals surface area (Å²) in [6.07, 6.45) is -4.74. The largest absolute Gasteiger partial charge is 0.451 e. The van der Waals surface area contributed by atoms with E-state index in [9.17, 15) is 22.8 Å². The van der Waals surface area contributed by atoms with E-state index in [2.05, 4.69) is 10.6 Å². The van der Waals surface area contributed by atoms with Crippen molar-refractivity contribution in [3.05, 3.63) is 58.8 Å². The molecule has 0 aliphatic heterocycles. The van der Waals surface area contributed by atoms with Gasteiger partial charge in [0.05, 0.1) is 11.3 Å². The van der Waals surface area contributed by atoms with Gasteiger partial charge in [0.1, 0.15) is 5.58 Å². The average Bonchev–Trinajstić information content (AvgIpc) is 2.98. The third kappa shape index (κ3) is 4.22. The van der Waals surface area contributed by atoms with E-state index >= 15 is 0 Å². The molecule has 2 amide bonds. The lowest BCUT2D eigenvalue weighted by Gasteiger charge is -2.15. The van der Waals surface area contributed by atoms with Gasteiger partial charge in [0, 0.05) is 23.0 Å². The minimum absolute atomic E-state index is 0.0359. The molecule has 5 nitrogen and oxygen atoms in total. The Morgan fingerprint density at radius 3 is 2.44 bits per heavy atom. The summed E-state index contributed by atoms with van der Waals surface area (Å²) in [6.45, 7) is 1.18. The highest BCUT2D eigenvalue weighted by molar-refractivity contribution is 6.31. The molecule has 9 heteroatoms. The number of nitrogens with one attached hydrogen (secondary N) is 2. The summed E-state index contributed by atoms with van der Waals surface area (Å²) in [5, 5.41) is 5.44. The molecule has 0 saturated heterocycles. The molecule has 0 saturated carbocycles. The second-order valence-electron chi connectivity index (χ2n) is 5.69. The van der Waals surface area contributed by atoms with Crippen molar-refractivity contribution in [1.29, 1.82) is 0 Å². The van der Waals surface area contributed by atoms with E-state index in [4.69, 9.17) is 16.0 Å². The highest BCUT2D eigenvalue weighted by atomic mass is 35.5. The number of amides is 2. The first-order chi connectivity index (χ1) is 12.6. The fourth-order valence-corrected chi connectivity index (χ4v) is 2.66. The molecule has 0 bridgehead atoms. The van der Waals surface area contributed by atoms with Gasteiger partial charge in [-0.15, -0.1) is 0 Å². The Hall–Kier alpha value is -3.00. The number of anilines is 2. The maximum absolute atomic E-state index is 13.3. The van der Waals surface area contributed by atoms with Crippen LogP contribution in [0.15, 0.2) is 46.9 Å². The van der Waals surface area contributed by atoms with E-state index in [0.29, 0.717) is 16.0 Å². The third-order valence-corrected chi connectivity index (χ3v) is 3.83. The van der Waals surface area contributed by atoms with Gasteiger partial charge in [-0.1, -0.05) is 11.6 Å². The number of rotatable bonds is 3. The van der Waals surface area contributed by atoms with Crippen LogP contribution in [0.1, 0.15) is 23.0 Å². The SMILES string of the molecule is CC(=O)Nc1ccc(NC(=O)c2cc3cc(Cl)ccc3o2)c(C(F)(F)F)c1. The van der Waals surface area contributed by atoms with Gasteiger partial charge in [-0.3, -0.25) is 9.59 Å².